The van der Waals surface area contributed by atoms with Crippen molar-refractivity contribution in [2.45, 2.75) is 33.2 Å². The first kappa shape index (κ1) is 25.5. The van der Waals surface area contributed by atoms with E-state index in [2.05, 4.69) is 32.9 Å². The van der Waals surface area contributed by atoms with Crippen LogP contribution in [0.3, 0.4) is 0 Å². The molecule has 0 fully saturated rings. The van der Waals surface area contributed by atoms with Crippen LogP contribution < -0.4 is 19.7 Å². The predicted octanol–water partition coefficient (Wildman–Crippen LogP) is 5.53. The molecule has 1 aliphatic rings. The summed E-state index contributed by atoms with van der Waals surface area (Å²) in [6.07, 6.45) is 2.08. The van der Waals surface area contributed by atoms with Crippen LogP contribution in [0, 0.1) is 6.92 Å². The van der Waals surface area contributed by atoms with Gasteiger partial charge in [0.1, 0.15) is 10.3 Å². The minimum Gasteiger partial charge on any atom is -0.494 e. The molecule has 3 aromatic carbocycles. The molecule has 0 saturated carbocycles. The summed E-state index contributed by atoms with van der Waals surface area (Å²) >= 11 is 4.72. The van der Waals surface area contributed by atoms with Gasteiger partial charge in [0.2, 0.25) is 4.96 Å². The van der Waals surface area contributed by atoms with E-state index in [4.69, 9.17) is 4.74 Å². The first-order valence-corrected chi connectivity index (χ1v) is 14.4. The van der Waals surface area contributed by atoms with Crippen LogP contribution in [0.25, 0.3) is 21.9 Å². The largest absolute Gasteiger partial charge is 0.494 e. The van der Waals surface area contributed by atoms with Gasteiger partial charge in [-0.3, -0.25) is 9.59 Å². The summed E-state index contributed by atoms with van der Waals surface area (Å²) in [5, 5.41) is 4.49. The Balaban J connectivity index is 1.39. The second-order valence-corrected chi connectivity index (χ2v) is 11.4. The number of carbonyl (C=O) groups is 1. The Morgan fingerprint density at radius 2 is 1.77 bits per heavy atom. The van der Waals surface area contributed by atoms with E-state index in [1.807, 2.05) is 73.7 Å². The Morgan fingerprint density at radius 1 is 1.00 bits per heavy atom. The number of aryl methyl sites for hydroxylation is 1. The zero-order valence-corrected chi connectivity index (χ0v) is 23.9. The third-order valence-corrected chi connectivity index (χ3v) is 8.23. The molecule has 2 aromatic heterocycles. The Morgan fingerprint density at radius 3 is 2.49 bits per heavy atom. The monoisotopic (exact) mass is 600 g/mol. The third kappa shape index (κ3) is 4.77. The quantitative estimate of drug-likeness (QED) is 0.229. The molecular formula is C30H25BrN4O3S. The first-order valence-electron chi connectivity index (χ1n) is 12.8. The molecule has 6 rings (SSSR count). The molecule has 1 amide bonds. The highest BCUT2D eigenvalue weighted by atomic mass is 79.9. The molecule has 0 radical (unpaired) electrons. The standard InChI is InChI=1S/C30H25BrN4O3S/c1-3-4-15-38-22-12-9-20(10-13-22)27-32-30-35(33-27)29(37)26(39-30)25-23-16-21(31)11-14-24(23)34(28(25)36)17-19-7-5-18(2)6-8-19/h5-14,16H,3-4,15,17H2,1-2H3/b26-25-. The van der Waals surface area contributed by atoms with E-state index in [1.54, 1.807) is 4.90 Å². The average molecular weight is 602 g/mol. The summed E-state index contributed by atoms with van der Waals surface area (Å²) in [6.45, 7) is 5.24. The van der Waals surface area contributed by atoms with Gasteiger partial charge in [-0.05, 0) is 61.4 Å². The molecule has 0 bridgehead atoms. The van der Waals surface area contributed by atoms with Crippen molar-refractivity contribution in [2.24, 2.45) is 0 Å². The van der Waals surface area contributed by atoms with Crippen molar-refractivity contribution in [1.82, 2.24) is 14.6 Å². The second kappa shape index (κ2) is 10.4. The number of unbranched alkanes of at least 4 members (excludes halogenated alkanes) is 1. The summed E-state index contributed by atoms with van der Waals surface area (Å²) in [6, 6.07) is 21.4. The van der Waals surface area contributed by atoms with Crippen molar-refractivity contribution in [3.63, 3.8) is 0 Å². The molecule has 0 saturated heterocycles. The van der Waals surface area contributed by atoms with Gasteiger partial charge in [-0.1, -0.05) is 70.4 Å². The molecule has 3 heterocycles. The number of hydrogen-bond donors (Lipinski definition) is 0. The Kier molecular flexibility index (Phi) is 6.78. The Bertz CT molecular complexity index is 1810. The highest BCUT2D eigenvalue weighted by Gasteiger charge is 2.34. The average Bonchev–Trinajstić information content (AvgIpc) is 3.56. The number of hydrogen-bond acceptors (Lipinski definition) is 6. The van der Waals surface area contributed by atoms with E-state index < -0.39 is 0 Å². The smallest absolute Gasteiger partial charge is 0.291 e. The van der Waals surface area contributed by atoms with Crippen molar-refractivity contribution >= 4 is 49.4 Å². The molecule has 0 unspecified atom stereocenters. The maximum absolute atomic E-state index is 13.8. The number of ether oxygens (including phenoxy) is 1. The molecule has 196 valence electrons. The Hall–Kier alpha value is -3.82. The van der Waals surface area contributed by atoms with Crippen LogP contribution in [0.2, 0.25) is 0 Å². The Labute approximate surface area is 237 Å². The minimum atomic E-state index is -0.347. The number of anilines is 1. The lowest BCUT2D eigenvalue weighted by molar-refractivity contribution is -0.113. The molecule has 5 aromatic rings. The maximum atomic E-state index is 13.8. The first-order chi connectivity index (χ1) is 18.9. The van der Waals surface area contributed by atoms with Crippen LogP contribution >= 0.6 is 27.3 Å². The van der Waals surface area contributed by atoms with Gasteiger partial charge in [-0.25, -0.2) is 0 Å². The number of benzene rings is 3. The van der Waals surface area contributed by atoms with Crippen LogP contribution in [0.5, 0.6) is 5.75 Å². The van der Waals surface area contributed by atoms with Crippen molar-refractivity contribution in [2.75, 3.05) is 11.5 Å². The van der Waals surface area contributed by atoms with E-state index in [1.165, 1.54) is 15.9 Å². The third-order valence-electron chi connectivity index (χ3n) is 6.70. The van der Waals surface area contributed by atoms with Gasteiger partial charge in [0.15, 0.2) is 5.82 Å². The van der Waals surface area contributed by atoms with Crippen molar-refractivity contribution in [3.05, 3.63) is 103 Å². The topological polar surface area (TPSA) is 76.8 Å². The molecule has 1 aliphatic heterocycles. The maximum Gasteiger partial charge on any atom is 0.291 e. The van der Waals surface area contributed by atoms with Crippen molar-refractivity contribution in [1.29, 1.82) is 0 Å². The van der Waals surface area contributed by atoms with Gasteiger partial charge < -0.3 is 9.64 Å². The van der Waals surface area contributed by atoms with E-state index in [0.29, 0.717) is 34.0 Å². The number of fused-ring (bicyclic) bond motifs is 2. The van der Waals surface area contributed by atoms with Crippen LogP contribution in [0.1, 0.15) is 36.5 Å². The van der Waals surface area contributed by atoms with Gasteiger partial charge in [-0.15, -0.1) is 5.10 Å². The zero-order valence-electron chi connectivity index (χ0n) is 21.5. The lowest BCUT2D eigenvalue weighted by Gasteiger charge is -2.17. The molecule has 0 atom stereocenters. The van der Waals surface area contributed by atoms with E-state index in [9.17, 15) is 9.59 Å². The van der Waals surface area contributed by atoms with Gasteiger partial charge in [0, 0.05) is 15.6 Å². The lowest BCUT2D eigenvalue weighted by atomic mass is 10.1. The lowest BCUT2D eigenvalue weighted by Crippen LogP contribution is -2.32. The normalized spacial score (nSPS) is 14.3. The fraction of sp³-hybridized carbons (Fsp3) is 0.200. The van der Waals surface area contributed by atoms with Gasteiger partial charge in [-0.2, -0.15) is 9.50 Å². The number of thiazole rings is 1. The summed E-state index contributed by atoms with van der Waals surface area (Å²) < 4.78 is 8.20. The summed E-state index contributed by atoms with van der Waals surface area (Å²) in [4.78, 5) is 34.1. The number of halogens is 1. The SMILES string of the molecule is CCCCOc1ccc(-c2nc3s/c(=C4\C(=O)N(Cc5ccc(C)cc5)c5ccc(Br)cc54)c(=O)n3n2)cc1. The predicted molar refractivity (Wildman–Crippen MR) is 157 cm³/mol. The van der Waals surface area contributed by atoms with Crippen molar-refractivity contribution < 1.29 is 9.53 Å². The van der Waals surface area contributed by atoms with Crippen molar-refractivity contribution in [3.8, 4) is 17.1 Å². The number of rotatable bonds is 7. The zero-order chi connectivity index (χ0) is 27.1. The number of aromatic nitrogens is 3. The van der Waals surface area contributed by atoms with Gasteiger partial charge in [0.25, 0.3) is 11.5 Å². The molecule has 0 spiro atoms. The van der Waals surface area contributed by atoms with Gasteiger partial charge in [0.05, 0.1) is 24.4 Å². The highest BCUT2D eigenvalue weighted by molar-refractivity contribution is 9.10. The van der Waals surface area contributed by atoms with E-state index >= 15 is 0 Å². The fourth-order valence-electron chi connectivity index (χ4n) is 4.60. The molecule has 0 N–H and O–H groups in total. The second-order valence-electron chi connectivity index (χ2n) is 9.51. The molecule has 7 nitrogen and oxygen atoms in total. The fourth-order valence-corrected chi connectivity index (χ4v) is 5.96. The summed E-state index contributed by atoms with van der Waals surface area (Å²) in [5.41, 5.74) is 4.50. The molecule has 39 heavy (non-hydrogen) atoms. The van der Waals surface area contributed by atoms with Crippen LogP contribution in [-0.2, 0) is 11.3 Å². The van der Waals surface area contributed by atoms with E-state index in [-0.39, 0.29) is 11.5 Å². The van der Waals surface area contributed by atoms with Gasteiger partial charge >= 0.3 is 0 Å². The molecule has 9 heteroatoms. The minimum absolute atomic E-state index is 0.204. The summed E-state index contributed by atoms with van der Waals surface area (Å²) in [7, 11) is 0. The number of nitrogens with zero attached hydrogens (tertiary/aromatic N) is 4. The highest BCUT2D eigenvalue weighted by Crippen LogP contribution is 2.38. The van der Waals surface area contributed by atoms with Crippen LogP contribution in [-0.4, -0.2) is 27.1 Å². The van der Waals surface area contributed by atoms with E-state index in [0.717, 1.165) is 51.0 Å². The molecule has 0 aliphatic carbocycles. The van der Waals surface area contributed by atoms with Crippen LogP contribution in [0.4, 0.5) is 5.69 Å². The molecular weight excluding hydrogens is 576 g/mol. The number of carbonyl (C=O) groups excluding carboxylic acids is 1. The van der Waals surface area contributed by atoms with Crippen LogP contribution in [0.15, 0.2) is 76.0 Å². The number of amides is 1. The summed E-state index contributed by atoms with van der Waals surface area (Å²) in [5.74, 6) is 1.04.